The standard InChI is InChI=1S/C20H31N5O3.2ClH/c1-14(2)19(21)20(28)22-12-17(26)23-16-8-10-25(11-9-16)13-18(27)24-15-6-4-3-5-7-15;;/h3-7,14,16,19H,8-13,21H2,1-2H3,(H,22,28)(H,23,26)(H,24,27);2*1H/t19-;;/m0../s1. The molecule has 0 bridgehead atoms. The van der Waals surface area contributed by atoms with Crippen LogP contribution in [0.4, 0.5) is 5.69 Å². The summed E-state index contributed by atoms with van der Waals surface area (Å²) in [5.74, 6) is -0.557. The molecule has 10 heteroatoms. The zero-order valence-corrected chi connectivity index (χ0v) is 19.1. The summed E-state index contributed by atoms with van der Waals surface area (Å²) in [6, 6.07) is 8.80. The van der Waals surface area contributed by atoms with E-state index in [0.29, 0.717) is 6.54 Å². The lowest BCUT2D eigenvalue weighted by molar-refractivity contribution is -0.127. The fourth-order valence-electron chi connectivity index (χ4n) is 3.03. The lowest BCUT2D eigenvalue weighted by Crippen LogP contribution is -2.50. The van der Waals surface area contributed by atoms with Crippen LogP contribution in [0, 0.1) is 5.92 Å². The van der Waals surface area contributed by atoms with Crippen molar-refractivity contribution in [1.29, 1.82) is 0 Å². The van der Waals surface area contributed by atoms with E-state index in [9.17, 15) is 14.4 Å². The number of nitrogens with two attached hydrogens (primary N) is 1. The molecule has 1 aliphatic rings. The van der Waals surface area contributed by atoms with Crippen LogP contribution in [0.25, 0.3) is 0 Å². The number of likely N-dealkylation sites (tertiary alicyclic amines) is 1. The number of anilines is 1. The van der Waals surface area contributed by atoms with E-state index in [1.165, 1.54) is 0 Å². The summed E-state index contributed by atoms with van der Waals surface area (Å²) < 4.78 is 0. The Hall–Kier alpha value is -1.87. The monoisotopic (exact) mass is 461 g/mol. The molecule has 0 radical (unpaired) electrons. The van der Waals surface area contributed by atoms with Crippen molar-refractivity contribution in [3.63, 3.8) is 0 Å². The van der Waals surface area contributed by atoms with Crippen LogP contribution in [0.3, 0.4) is 0 Å². The van der Waals surface area contributed by atoms with Crippen LogP contribution >= 0.6 is 24.8 Å². The van der Waals surface area contributed by atoms with Gasteiger partial charge in [-0.05, 0) is 30.9 Å². The molecule has 0 saturated carbocycles. The minimum absolute atomic E-state index is 0. The zero-order chi connectivity index (χ0) is 20.5. The molecule has 1 fully saturated rings. The molecule has 2 rings (SSSR count). The van der Waals surface area contributed by atoms with Crippen LogP contribution in [0.2, 0.25) is 0 Å². The number of rotatable bonds is 8. The smallest absolute Gasteiger partial charge is 0.239 e. The van der Waals surface area contributed by atoms with E-state index in [2.05, 4.69) is 20.9 Å². The molecule has 170 valence electrons. The first kappa shape index (κ1) is 28.1. The number of piperidine rings is 1. The zero-order valence-electron chi connectivity index (χ0n) is 17.4. The SMILES string of the molecule is CC(C)[C@H](N)C(=O)NCC(=O)NC1CCN(CC(=O)Nc2ccccc2)CC1.Cl.Cl. The Labute approximate surface area is 190 Å². The summed E-state index contributed by atoms with van der Waals surface area (Å²) in [5, 5.41) is 8.38. The van der Waals surface area contributed by atoms with Crippen molar-refractivity contribution in [1.82, 2.24) is 15.5 Å². The molecule has 1 aliphatic heterocycles. The topological polar surface area (TPSA) is 117 Å². The first-order chi connectivity index (χ1) is 13.3. The molecule has 0 unspecified atom stereocenters. The van der Waals surface area contributed by atoms with E-state index in [1.54, 1.807) is 0 Å². The number of hydrogen-bond acceptors (Lipinski definition) is 5. The van der Waals surface area contributed by atoms with Crippen LogP contribution in [0.15, 0.2) is 30.3 Å². The van der Waals surface area contributed by atoms with Gasteiger partial charge in [0.2, 0.25) is 17.7 Å². The van der Waals surface area contributed by atoms with Crippen molar-refractivity contribution < 1.29 is 14.4 Å². The summed E-state index contributed by atoms with van der Waals surface area (Å²) in [7, 11) is 0. The van der Waals surface area contributed by atoms with Gasteiger partial charge in [0, 0.05) is 24.8 Å². The van der Waals surface area contributed by atoms with Gasteiger partial charge in [0.1, 0.15) is 0 Å². The molecule has 1 heterocycles. The van der Waals surface area contributed by atoms with Crippen molar-refractivity contribution in [3.8, 4) is 0 Å². The number of hydrogen-bond donors (Lipinski definition) is 4. The van der Waals surface area contributed by atoms with E-state index in [1.807, 2.05) is 44.2 Å². The Balaban J connectivity index is 0.00000420. The molecule has 1 aromatic rings. The molecule has 30 heavy (non-hydrogen) atoms. The number of amides is 3. The third-order valence-corrected chi connectivity index (χ3v) is 4.82. The number of carbonyl (C=O) groups is 3. The number of benzene rings is 1. The predicted molar refractivity (Wildman–Crippen MR) is 123 cm³/mol. The third-order valence-electron chi connectivity index (χ3n) is 4.82. The molecule has 0 aliphatic carbocycles. The van der Waals surface area contributed by atoms with Crippen molar-refractivity contribution in [3.05, 3.63) is 30.3 Å². The first-order valence-corrected chi connectivity index (χ1v) is 9.75. The molecule has 3 amide bonds. The number of para-hydroxylation sites is 1. The highest BCUT2D eigenvalue weighted by Gasteiger charge is 2.23. The Morgan fingerprint density at radius 2 is 1.67 bits per heavy atom. The van der Waals surface area contributed by atoms with Crippen LogP contribution in [0.1, 0.15) is 26.7 Å². The van der Waals surface area contributed by atoms with E-state index in [0.717, 1.165) is 31.6 Å². The van der Waals surface area contributed by atoms with Crippen LogP contribution in [-0.4, -0.2) is 60.9 Å². The summed E-state index contributed by atoms with van der Waals surface area (Å²) in [4.78, 5) is 38.0. The number of nitrogens with one attached hydrogen (secondary N) is 3. The van der Waals surface area contributed by atoms with Crippen molar-refractivity contribution in [2.24, 2.45) is 11.7 Å². The maximum absolute atomic E-state index is 12.1. The highest BCUT2D eigenvalue weighted by molar-refractivity contribution is 5.92. The van der Waals surface area contributed by atoms with E-state index >= 15 is 0 Å². The van der Waals surface area contributed by atoms with Gasteiger partial charge in [-0.1, -0.05) is 32.0 Å². The molecule has 1 saturated heterocycles. The van der Waals surface area contributed by atoms with Gasteiger partial charge in [-0.2, -0.15) is 0 Å². The molecule has 1 atom stereocenters. The second-order valence-electron chi connectivity index (χ2n) is 7.52. The Kier molecular flexibility index (Phi) is 13.3. The van der Waals surface area contributed by atoms with Crippen LogP contribution in [0.5, 0.6) is 0 Å². The lowest BCUT2D eigenvalue weighted by atomic mass is 10.0. The van der Waals surface area contributed by atoms with E-state index < -0.39 is 6.04 Å². The minimum atomic E-state index is -0.613. The van der Waals surface area contributed by atoms with Gasteiger partial charge < -0.3 is 21.7 Å². The fraction of sp³-hybridized carbons (Fsp3) is 0.550. The van der Waals surface area contributed by atoms with Crippen molar-refractivity contribution >= 4 is 48.2 Å². The largest absolute Gasteiger partial charge is 0.352 e. The molecule has 5 N–H and O–H groups in total. The molecule has 8 nitrogen and oxygen atoms in total. The molecular weight excluding hydrogens is 429 g/mol. The van der Waals surface area contributed by atoms with Gasteiger partial charge in [-0.15, -0.1) is 24.8 Å². The summed E-state index contributed by atoms with van der Waals surface area (Å²) in [6.07, 6.45) is 1.54. The maximum Gasteiger partial charge on any atom is 0.239 e. The predicted octanol–water partition coefficient (Wildman–Crippen LogP) is 1.15. The Morgan fingerprint density at radius 3 is 2.23 bits per heavy atom. The fourth-order valence-corrected chi connectivity index (χ4v) is 3.03. The summed E-state index contributed by atoms with van der Waals surface area (Å²) in [6.45, 7) is 5.45. The third kappa shape index (κ3) is 9.75. The van der Waals surface area contributed by atoms with Crippen molar-refractivity contribution in [2.45, 2.75) is 38.8 Å². The highest BCUT2D eigenvalue weighted by Crippen LogP contribution is 2.11. The minimum Gasteiger partial charge on any atom is -0.352 e. The Morgan fingerprint density at radius 1 is 1.07 bits per heavy atom. The highest BCUT2D eigenvalue weighted by atomic mass is 35.5. The second-order valence-corrected chi connectivity index (χ2v) is 7.52. The molecule has 1 aromatic carbocycles. The van der Waals surface area contributed by atoms with Gasteiger partial charge in [0.15, 0.2) is 0 Å². The van der Waals surface area contributed by atoms with Gasteiger partial charge in [-0.3, -0.25) is 19.3 Å². The molecular formula is C20H33Cl2N5O3. The lowest BCUT2D eigenvalue weighted by Gasteiger charge is -2.31. The Bertz CT molecular complexity index is 668. The van der Waals surface area contributed by atoms with E-state index in [4.69, 9.17) is 5.73 Å². The molecule has 0 spiro atoms. The summed E-state index contributed by atoms with van der Waals surface area (Å²) >= 11 is 0. The number of halogens is 2. The van der Waals surface area contributed by atoms with E-state index in [-0.39, 0.29) is 61.0 Å². The average Bonchev–Trinajstić information content (AvgIpc) is 2.67. The van der Waals surface area contributed by atoms with Crippen molar-refractivity contribution in [2.75, 3.05) is 31.5 Å². The normalized spacial score (nSPS) is 15.3. The summed E-state index contributed by atoms with van der Waals surface area (Å²) in [5.41, 5.74) is 6.54. The van der Waals surface area contributed by atoms with Crippen LogP contribution < -0.4 is 21.7 Å². The first-order valence-electron chi connectivity index (χ1n) is 9.75. The van der Waals surface area contributed by atoms with Gasteiger partial charge in [0.25, 0.3) is 0 Å². The molecule has 0 aromatic heterocycles. The van der Waals surface area contributed by atoms with Gasteiger partial charge in [0.05, 0.1) is 19.1 Å². The van der Waals surface area contributed by atoms with Gasteiger partial charge in [-0.25, -0.2) is 0 Å². The van der Waals surface area contributed by atoms with Crippen LogP contribution in [-0.2, 0) is 14.4 Å². The number of nitrogens with zero attached hydrogens (tertiary/aromatic N) is 1. The van der Waals surface area contributed by atoms with Gasteiger partial charge >= 0.3 is 0 Å². The second kappa shape index (κ2) is 14.2. The maximum atomic E-state index is 12.1. The number of carbonyl (C=O) groups excluding carboxylic acids is 3. The quantitative estimate of drug-likeness (QED) is 0.463. The average molecular weight is 462 g/mol.